The lowest BCUT2D eigenvalue weighted by molar-refractivity contribution is 0.0692. The number of carboxylic acids is 1. The lowest BCUT2D eigenvalue weighted by atomic mass is 10.4. The summed E-state index contributed by atoms with van der Waals surface area (Å²) >= 11 is 0. The summed E-state index contributed by atoms with van der Waals surface area (Å²) in [6, 6.07) is 0. The van der Waals surface area contributed by atoms with Gasteiger partial charge in [0, 0.05) is 0 Å². The van der Waals surface area contributed by atoms with Crippen molar-refractivity contribution in [3.8, 4) is 0 Å². The molecule has 0 aromatic carbocycles. The van der Waals surface area contributed by atoms with Crippen molar-refractivity contribution in [3.05, 3.63) is 11.8 Å². The number of carboxylic acid groups (broad SMARTS) is 1. The van der Waals surface area contributed by atoms with Gasteiger partial charge in [-0.1, -0.05) is 4.89 Å². The van der Waals surface area contributed by atoms with Gasteiger partial charge in [-0.25, -0.2) is 13.2 Å². The molecular formula is C6H9N3O5S. The van der Waals surface area contributed by atoms with Crippen LogP contribution in [-0.2, 0) is 14.9 Å². The van der Waals surface area contributed by atoms with Gasteiger partial charge in [0.1, 0.15) is 5.56 Å². The molecule has 0 unspecified atom stereocenters. The fraction of sp³-hybridized carbons (Fsp3) is 0.333. The standard InChI is InChI=1S/C6H9N3O5S/c1-2-14-9-15(12,13)5-4(6(10)11)3-7-8-5/h3,9H,2H2,1H3,(H,7,8)(H,10,11). The van der Waals surface area contributed by atoms with Crippen molar-refractivity contribution in [2.75, 3.05) is 6.61 Å². The normalized spacial score (nSPS) is 11.5. The Morgan fingerprint density at radius 3 is 2.93 bits per heavy atom. The van der Waals surface area contributed by atoms with Crippen LogP contribution in [-0.4, -0.2) is 36.3 Å². The second-order valence-electron chi connectivity index (χ2n) is 2.44. The average Bonchev–Trinajstić information content (AvgIpc) is 2.63. The van der Waals surface area contributed by atoms with E-state index in [0.29, 0.717) is 0 Å². The maximum absolute atomic E-state index is 11.4. The molecular weight excluding hydrogens is 226 g/mol. The summed E-state index contributed by atoms with van der Waals surface area (Å²) in [5.74, 6) is -1.39. The van der Waals surface area contributed by atoms with Crippen LogP contribution in [0.3, 0.4) is 0 Å². The highest BCUT2D eigenvalue weighted by Gasteiger charge is 2.24. The molecule has 0 fully saturated rings. The van der Waals surface area contributed by atoms with Crippen LogP contribution < -0.4 is 4.89 Å². The monoisotopic (exact) mass is 235 g/mol. The lowest BCUT2D eigenvalue weighted by Crippen LogP contribution is -2.25. The van der Waals surface area contributed by atoms with E-state index in [0.717, 1.165) is 6.20 Å². The number of carbonyl (C=O) groups is 1. The number of aromatic carboxylic acids is 1. The minimum Gasteiger partial charge on any atom is -0.478 e. The van der Waals surface area contributed by atoms with Gasteiger partial charge >= 0.3 is 5.97 Å². The molecule has 0 amide bonds. The summed E-state index contributed by atoms with van der Waals surface area (Å²) in [6.45, 7) is 1.70. The highest BCUT2D eigenvalue weighted by molar-refractivity contribution is 7.89. The van der Waals surface area contributed by atoms with E-state index < -0.39 is 26.6 Å². The van der Waals surface area contributed by atoms with Gasteiger partial charge in [-0.15, -0.1) is 0 Å². The third kappa shape index (κ3) is 2.52. The zero-order valence-electron chi connectivity index (χ0n) is 7.72. The number of aromatic amines is 1. The third-order valence-corrected chi connectivity index (χ3v) is 2.60. The van der Waals surface area contributed by atoms with E-state index in [1.165, 1.54) is 0 Å². The molecule has 1 aromatic heterocycles. The van der Waals surface area contributed by atoms with Crippen molar-refractivity contribution < 1.29 is 23.2 Å². The summed E-state index contributed by atoms with van der Waals surface area (Å²) in [5.41, 5.74) is -0.442. The molecule has 1 heterocycles. The van der Waals surface area contributed by atoms with Crippen molar-refractivity contribution in [2.45, 2.75) is 11.9 Å². The van der Waals surface area contributed by atoms with E-state index >= 15 is 0 Å². The van der Waals surface area contributed by atoms with Crippen LogP contribution in [0.4, 0.5) is 0 Å². The quantitative estimate of drug-likeness (QED) is 0.582. The van der Waals surface area contributed by atoms with Crippen molar-refractivity contribution in [3.63, 3.8) is 0 Å². The molecule has 15 heavy (non-hydrogen) atoms. The topological polar surface area (TPSA) is 121 Å². The number of sulfonamides is 1. The Balaban J connectivity index is 3.05. The number of nitrogens with one attached hydrogen (secondary N) is 2. The third-order valence-electron chi connectivity index (χ3n) is 1.42. The summed E-state index contributed by atoms with van der Waals surface area (Å²) in [6.07, 6.45) is 0.906. The van der Waals surface area contributed by atoms with Crippen LogP contribution in [0.15, 0.2) is 11.2 Å². The number of H-pyrrole nitrogens is 1. The van der Waals surface area contributed by atoms with Gasteiger partial charge in [0.15, 0.2) is 5.03 Å². The van der Waals surface area contributed by atoms with Crippen LogP contribution >= 0.6 is 0 Å². The fourth-order valence-corrected chi connectivity index (χ4v) is 1.77. The Morgan fingerprint density at radius 2 is 2.40 bits per heavy atom. The largest absolute Gasteiger partial charge is 0.478 e. The Kier molecular flexibility index (Phi) is 3.39. The van der Waals surface area contributed by atoms with Gasteiger partial charge < -0.3 is 5.11 Å². The fourth-order valence-electron chi connectivity index (χ4n) is 0.810. The van der Waals surface area contributed by atoms with Crippen LogP contribution in [0.1, 0.15) is 17.3 Å². The Bertz CT molecular complexity index is 451. The van der Waals surface area contributed by atoms with Crippen LogP contribution in [0, 0.1) is 0 Å². The van der Waals surface area contributed by atoms with Gasteiger partial charge in [-0.3, -0.25) is 9.94 Å². The van der Waals surface area contributed by atoms with E-state index in [4.69, 9.17) is 5.11 Å². The zero-order chi connectivity index (χ0) is 11.5. The van der Waals surface area contributed by atoms with E-state index in [1.54, 1.807) is 11.8 Å². The molecule has 3 N–H and O–H groups in total. The molecule has 0 aliphatic carbocycles. The molecule has 0 saturated carbocycles. The lowest BCUT2D eigenvalue weighted by Gasteiger charge is -2.03. The maximum Gasteiger partial charge on any atom is 0.340 e. The van der Waals surface area contributed by atoms with E-state index in [-0.39, 0.29) is 6.61 Å². The van der Waals surface area contributed by atoms with Crippen LogP contribution in [0.2, 0.25) is 0 Å². The highest BCUT2D eigenvalue weighted by atomic mass is 32.2. The Labute approximate surface area is 85.3 Å². The molecule has 1 aromatic rings. The first-order valence-electron chi connectivity index (χ1n) is 3.89. The predicted molar refractivity (Wildman–Crippen MR) is 47.5 cm³/mol. The number of rotatable bonds is 5. The molecule has 0 bridgehead atoms. The van der Waals surface area contributed by atoms with Gasteiger partial charge in [0.25, 0.3) is 10.0 Å². The second kappa shape index (κ2) is 4.38. The van der Waals surface area contributed by atoms with Crippen molar-refractivity contribution in [2.24, 2.45) is 0 Å². The molecule has 0 atom stereocenters. The summed E-state index contributed by atoms with van der Waals surface area (Å²) < 4.78 is 22.8. The molecule has 9 heteroatoms. The first kappa shape index (κ1) is 11.6. The van der Waals surface area contributed by atoms with Crippen LogP contribution in [0.25, 0.3) is 0 Å². The van der Waals surface area contributed by atoms with E-state index in [2.05, 4.69) is 15.0 Å². The van der Waals surface area contributed by atoms with Crippen molar-refractivity contribution in [1.82, 2.24) is 15.1 Å². The van der Waals surface area contributed by atoms with E-state index in [9.17, 15) is 13.2 Å². The predicted octanol–water partition coefficient (Wildman–Crippen LogP) is -0.662. The van der Waals surface area contributed by atoms with Gasteiger partial charge in [0.2, 0.25) is 0 Å². The van der Waals surface area contributed by atoms with Gasteiger partial charge in [-0.2, -0.15) is 5.10 Å². The van der Waals surface area contributed by atoms with Crippen LogP contribution in [0.5, 0.6) is 0 Å². The van der Waals surface area contributed by atoms with E-state index in [1.807, 2.05) is 0 Å². The molecule has 0 aliphatic rings. The highest BCUT2D eigenvalue weighted by Crippen LogP contribution is 2.11. The number of hydrogen-bond donors (Lipinski definition) is 3. The second-order valence-corrected chi connectivity index (χ2v) is 4.02. The molecule has 0 saturated heterocycles. The van der Waals surface area contributed by atoms with Crippen molar-refractivity contribution in [1.29, 1.82) is 0 Å². The first-order chi connectivity index (χ1) is 6.99. The van der Waals surface area contributed by atoms with Crippen molar-refractivity contribution >= 4 is 16.0 Å². The molecule has 1 rings (SSSR count). The number of nitrogens with zero attached hydrogens (tertiary/aromatic N) is 1. The van der Waals surface area contributed by atoms with Gasteiger partial charge in [0.05, 0.1) is 12.8 Å². The molecule has 0 spiro atoms. The first-order valence-corrected chi connectivity index (χ1v) is 5.37. The summed E-state index contributed by atoms with van der Waals surface area (Å²) in [4.78, 5) is 16.8. The average molecular weight is 235 g/mol. The summed E-state index contributed by atoms with van der Waals surface area (Å²) in [7, 11) is -4.03. The SMILES string of the molecule is CCONS(=O)(=O)c1[nH]ncc1C(=O)O. The Hall–Kier alpha value is -1.45. The molecule has 84 valence electrons. The minimum atomic E-state index is -4.03. The van der Waals surface area contributed by atoms with Gasteiger partial charge in [-0.05, 0) is 6.92 Å². The molecule has 0 radical (unpaired) electrons. The maximum atomic E-state index is 11.4. The zero-order valence-corrected chi connectivity index (χ0v) is 8.54. The molecule has 8 nitrogen and oxygen atoms in total. The number of hydrogen-bond acceptors (Lipinski definition) is 5. The number of aromatic nitrogens is 2. The minimum absolute atomic E-state index is 0.121. The summed E-state index contributed by atoms with van der Waals surface area (Å²) in [5, 5.41) is 13.5. The smallest absolute Gasteiger partial charge is 0.340 e. The molecule has 0 aliphatic heterocycles. The Morgan fingerprint density at radius 1 is 1.73 bits per heavy atom.